The molecule has 5 fully saturated rings. The lowest BCUT2D eigenvalue weighted by molar-refractivity contribution is -0.564. The van der Waals surface area contributed by atoms with E-state index in [4.69, 9.17) is 30.8 Å². The van der Waals surface area contributed by atoms with E-state index in [-0.39, 0.29) is 23.7 Å². The molecule has 1 spiro atoms. The third-order valence-electron chi connectivity index (χ3n) is 8.46. The van der Waals surface area contributed by atoms with Crippen LogP contribution in [0.1, 0.15) is 77.2 Å². The maximum atomic E-state index is 13.0. The fourth-order valence-corrected chi connectivity index (χ4v) is 6.84. The summed E-state index contributed by atoms with van der Waals surface area (Å²) in [4.78, 5) is 25.6. The van der Waals surface area contributed by atoms with Crippen LogP contribution in [0.3, 0.4) is 0 Å². The average molecular weight is 463 g/mol. The summed E-state index contributed by atoms with van der Waals surface area (Å²) in [5, 5.41) is 0.747. The van der Waals surface area contributed by atoms with Crippen molar-refractivity contribution in [3.05, 3.63) is 34.9 Å². The monoisotopic (exact) mass is 462 g/mol. The molecule has 1 saturated carbocycles. The Hall–Kier alpha value is -1.14. The van der Waals surface area contributed by atoms with Crippen LogP contribution in [0, 0.1) is 23.7 Å². The molecule has 5 nitrogen and oxygen atoms in total. The number of unbranched alkanes of at least 4 members (excludes halogenated alkanes) is 1. The van der Waals surface area contributed by atoms with Crippen molar-refractivity contribution in [3.8, 4) is 0 Å². The predicted molar refractivity (Wildman–Crippen MR) is 121 cm³/mol. The quantitative estimate of drug-likeness (QED) is 0.355. The van der Waals surface area contributed by atoms with Crippen molar-refractivity contribution >= 4 is 17.6 Å². The Bertz CT molecular complexity index is 828. The number of hydrogen-bond acceptors (Lipinski definition) is 5. The first-order chi connectivity index (χ1) is 15.5. The summed E-state index contributed by atoms with van der Waals surface area (Å²) in [6.07, 6.45) is 8.60. The van der Waals surface area contributed by atoms with Crippen LogP contribution in [0.5, 0.6) is 0 Å². The molecule has 1 aromatic carbocycles. The first-order valence-electron chi connectivity index (χ1n) is 12.5. The number of ether oxygens (including phenoxy) is 2. The Kier molecular flexibility index (Phi) is 6.30. The smallest absolute Gasteiger partial charge is 0.311 e. The fraction of sp³-hybridized carbons (Fsp3) is 0.731. The van der Waals surface area contributed by atoms with Gasteiger partial charge in [-0.05, 0) is 62.1 Å². The molecule has 0 radical (unpaired) electrons. The molecular weight excluding hydrogens is 428 g/mol. The van der Waals surface area contributed by atoms with Crippen molar-refractivity contribution in [2.24, 2.45) is 23.7 Å². The van der Waals surface area contributed by atoms with E-state index in [1.54, 1.807) is 0 Å². The van der Waals surface area contributed by atoms with E-state index in [1.165, 1.54) is 5.56 Å². The summed E-state index contributed by atoms with van der Waals surface area (Å²) in [7, 11) is 0. The van der Waals surface area contributed by atoms with Gasteiger partial charge in [-0.25, -0.2) is 9.78 Å². The van der Waals surface area contributed by atoms with Gasteiger partial charge in [-0.15, -0.1) is 0 Å². The van der Waals surface area contributed by atoms with Gasteiger partial charge in [0.1, 0.15) is 0 Å². The van der Waals surface area contributed by atoms with E-state index >= 15 is 0 Å². The van der Waals surface area contributed by atoms with Crippen LogP contribution < -0.4 is 0 Å². The highest BCUT2D eigenvalue weighted by Crippen LogP contribution is 2.61. The summed E-state index contributed by atoms with van der Waals surface area (Å²) in [5.41, 5.74) is 0.568. The highest BCUT2D eigenvalue weighted by atomic mass is 35.5. The van der Waals surface area contributed by atoms with Crippen molar-refractivity contribution < 1.29 is 24.0 Å². The van der Waals surface area contributed by atoms with Gasteiger partial charge >= 0.3 is 5.97 Å². The largest absolute Gasteiger partial charge is 0.432 e. The Morgan fingerprint density at radius 3 is 2.66 bits per heavy atom. The SMILES string of the molecule is CCCC[C@H]1C(=O)O[C@@H]2O[C@@]3(CCCc4ccc(Cl)cc4)CC[C@H]4[C@H](C)CC[C@@H]1[C@@]24OO3. The van der Waals surface area contributed by atoms with Crippen molar-refractivity contribution in [1.29, 1.82) is 0 Å². The molecule has 32 heavy (non-hydrogen) atoms. The van der Waals surface area contributed by atoms with Crippen molar-refractivity contribution in [3.63, 3.8) is 0 Å². The van der Waals surface area contributed by atoms with E-state index in [9.17, 15) is 4.79 Å². The van der Waals surface area contributed by atoms with Crippen LogP contribution in [0.25, 0.3) is 0 Å². The van der Waals surface area contributed by atoms with E-state index in [2.05, 4.69) is 26.0 Å². The lowest BCUT2D eigenvalue weighted by atomic mass is 9.57. The van der Waals surface area contributed by atoms with E-state index in [0.717, 1.165) is 62.8 Å². The van der Waals surface area contributed by atoms with Gasteiger partial charge in [-0.3, -0.25) is 4.79 Å². The second-order valence-corrected chi connectivity index (χ2v) is 10.8. The second kappa shape index (κ2) is 8.90. The molecule has 4 heterocycles. The van der Waals surface area contributed by atoms with Crippen LogP contribution in [-0.4, -0.2) is 23.6 Å². The molecule has 0 N–H and O–H groups in total. The number of carbonyl (C=O) groups excluding carboxylic acids is 1. The van der Waals surface area contributed by atoms with Crippen LogP contribution in [0.15, 0.2) is 24.3 Å². The molecule has 1 aromatic rings. The number of aryl methyl sites for hydroxylation is 1. The van der Waals surface area contributed by atoms with Gasteiger partial charge in [0, 0.05) is 29.7 Å². The fourth-order valence-electron chi connectivity index (χ4n) is 6.71. The number of esters is 1. The molecule has 6 heteroatoms. The summed E-state index contributed by atoms with van der Waals surface area (Å²) < 4.78 is 12.6. The maximum Gasteiger partial charge on any atom is 0.311 e. The molecule has 5 aliphatic rings. The number of rotatable bonds is 7. The molecule has 176 valence electrons. The minimum Gasteiger partial charge on any atom is -0.432 e. The van der Waals surface area contributed by atoms with Gasteiger partial charge in [-0.2, -0.15) is 0 Å². The van der Waals surface area contributed by atoms with E-state index < -0.39 is 17.7 Å². The number of benzene rings is 1. The number of hydrogen-bond donors (Lipinski definition) is 0. The topological polar surface area (TPSA) is 54.0 Å². The molecule has 2 bridgehead atoms. The first-order valence-corrected chi connectivity index (χ1v) is 12.8. The van der Waals surface area contributed by atoms with Crippen LogP contribution in [0.2, 0.25) is 5.02 Å². The van der Waals surface area contributed by atoms with Crippen LogP contribution in [0.4, 0.5) is 0 Å². The van der Waals surface area contributed by atoms with Gasteiger partial charge < -0.3 is 9.47 Å². The molecular formula is C26H35ClO5. The molecule has 0 unspecified atom stereocenters. The summed E-state index contributed by atoms with van der Waals surface area (Å²) in [6.45, 7) is 4.47. The predicted octanol–water partition coefficient (Wildman–Crippen LogP) is 6.22. The normalized spacial score (nSPS) is 40.5. The third kappa shape index (κ3) is 3.79. The number of halogens is 1. The second-order valence-electron chi connectivity index (χ2n) is 10.4. The van der Waals surface area contributed by atoms with Crippen molar-refractivity contribution in [1.82, 2.24) is 0 Å². The Morgan fingerprint density at radius 1 is 1.06 bits per heavy atom. The molecule has 0 aromatic heterocycles. The zero-order chi connectivity index (χ0) is 22.3. The Balaban J connectivity index is 1.36. The lowest BCUT2D eigenvalue weighted by Crippen LogP contribution is -2.70. The molecule has 7 atom stereocenters. The third-order valence-corrected chi connectivity index (χ3v) is 8.71. The Labute approximate surface area is 196 Å². The first kappa shape index (κ1) is 22.6. The van der Waals surface area contributed by atoms with Gasteiger partial charge in [0.05, 0.1) is 5.92 Å². The highest BCUT2D eigenvalue weighted by molar-refractivity contribution is 6.30. The standard InChI is InChI=1S/C26H35ClO5/c1-3-4-7-20-22-13-8-17(2)21-14-16-25(15-5-6-18-9-11-19(27)12-10-18)30-24(29-23(20)28)26(21,22)32-31-25/h9-12,17,20-22,24H,3-8,13-16H2,1-2H3/t17-,20-,21+,22+,24-,25-,26-/m1/s1. The van der Waals surface area contributed by atoms with Crippen molar-refractivity contribution in [2.75, 3.05) is 0 Å². The van der Waals surface area contributed by atoms with Crippen molar-refractivity contribution in [2.45, 2.75) is 95.7 Å². The zero-order valence-electron chi connectivity index (χ0n) is 19.2. The van der Waals surface area contributed by atoms with E-state index in [0.29, 0.717) is 12.3 Å². The Morgan fingerprint density at radius 2 is 1.88 bits per heavy atom. The minimum absolute atomic E-state index is 0.103. The summed E-state index contributed by atoms with van der Waals surface area (Å²) >= 11 is 6.01. The van der Waals surface area contributed by atoms with Gasteiger partial charge in [0.2, 0.25) is 12.1 Å². The summed E-state index contributed by atoms with van der Waals surface area (Å²) in [5.74, 6) is -0.201. The van der Waals surface area contributed by atoms with E-state index in [1.807, 2.05) is 12.1 Å². The molecule has 6 rings (SSSR count). The molecule has 1 aliphatic carbocycles. The summed E-state index contributed by atoms with van der Waals surface area (Å²) in [6, 6.07) is 7.96. The lowest BCUT2D eigenvalue weighted by Gasteiger charge is -2.58. The maximum absolute atomic E-state index is 13.0. The van der Waals surface area contributed by atoms with Gasteiger partial charge in [0.15, 0.2) is 5.60 Å². The number of carbonyl (C=O) groups is 1. The molecule has 4 saturated heterocycles. The molecule has 4 aliphatic heterocycles. The number of fused-ring (bicyclic) bond motifs is 2. The minimum atomic E-state index is -0.847. The highest BCUT2D eigenvalue weighted by Gasteiger charge is 2.71. The van der Waals surface area contributed by atoms with Crippen LogP contribution in [-0.2, 0) is 30.5 Å². The van der Waals surface area contributed by atoms with Gasteiger partial charge in [0.25, 0.3) is 0 Å². The van der Waals surface area contributed by atoms with Gasteiger partial charge in [-0.1, -0.05) is 50.4 Å². The molecule has 0 amide bonds. The van der Waals surface area contributed by atoms with Crippen LogP contribution >= 0.6 is 11.6 Å². The average Bonchev–Trinajstić information content (AvgIpc) is 3.03. The zero-order valence-corrected chi connectivity index (χ0v) is 19.9.